The number of nitrogens with zero attached hydrogens (tertiary/aromatic N) is 2. The van der Waals surface area contributed by atoms with Crippen molar-refractivity contribution < 1.29 is 27.9 Å². The molecule has 0 saturated heterocycles. The number of aliphatic carboxylic acids is 1. The van der Waals surface area contributed by atoms with Gasteiger partial charge in [0, 0.05) is 23.8 Å². The number of amides is 1. The molecule has 1 amide bonds. The van der Waals surface area contributed by atoms with E-state index in [1.54, 1.807) is 18.2 Å². The first kappa shape index (κ1) is 31.3. The van der Waals surface area contributed by atoms with Crippen LogP contribution in [0.25, 0.3) is 17.0 Å². The zero-order chi connectivity index (χ0) is 29.7. The molecule has 0 aliphatic carbocycles. The summed E-state index contributed by atoms with van der Waals surface area (Å²) in [5.74, 6) is -3.06. The molecule has 3 aromatic rings. The lowest BCUT2D eigenvalue weighted by atomic mass is 9.92. The highest BCUT2D eigenvalue weighted by molar-refractivity contribution is 8.18. The third kappa shape index (κ3) is 8.87. The van der Waals surface area contributed by atoms with E-state index in [9.17, 15) is 18.0 Å². The van der Waals surface area contributed by atoms with Gasteiger partial charge in [0.25, 0.3) is 5.91 Å². The van der Waals surface area contributed by atoms with Crippen LogP contribution in [0.15, 0.2) is 58.6 Å². The first-order chi connectivity index (χ1) is 18.6. The molecular weight excluding hydrogens is 588 g/mol. The van der Waals surface area contributed by atoms with E-state index in [4.69, 9.17) is 33.1 Å². The fraction of sp³-hybridized carbons (Fsp3) is 0.259. The maximum absolute atomic E-state index is 12.5. The number of carbonyl (C=O) groups excluding carboxylic acids is 1. The summed E-state index contributed by atoms with van der Waals surface area (Å²) in [6.45, 7) is 7.55. The lowest BCUT2D eigenvalue weighted by Crippen LogP contribution is -2.21. The lowest BCUT2D eigenvalue weighted by Gasteiger charge is -2.19. The Hall–Kier alpha value is -3.28. The SMILES string of the molecule is CC(C)(C)CCNc1ccnc2ccc(/C=C3\SC(Nc4c(Cl)cccc4Cl)=NC3=O)cc12.O=C(O)C(F)(F)F. The Labute approximate surface area is 242 Å². The molecular formula is C27H25Cl2F3N4O3S. The molecule has 0 saturated carbocycles. The van der Waals surface area contributed by atoms with Crippen molar-refractivity contribution in [3.63, 3.8) is 0 Å². The molecule has 212 valence electrons. The second kappa shape index (κ2) is 12.9. The smallest absolute Gasteiger partial charge is 0.475 e. The molecule has 1 aromatic heterocycles. The summed E-state index contributed by atoms with van der Waals surface area (Å²) < 4.78 is 31.7. The lowest BCUT2D eigenvalue weighted by molar-refractivity contribution is -0.192. The fourth-order valence-electron chi connectivity index (χ4n) is 3.32. The van der Waals surface area contributed by atoms with Crippen LogP contribution in [0, 0.1) is 5.41 Å². The van der Waals surface area contributed by atoms with E-state index in [1.807, 2.05) is 36.5 Å². The summed E-state index contributed by atoms with van der Waals surface area (Å²) in [5, 5.41) is 16.1. The summed E-state index contributed by atoms with van der Waals surface area (Å²) >= 11 is 13.7. The van der Waals surface area contributed by atoms with Crippen molar-refractivity contribution in [1.29, 1.82) is 0 Å². The first-order valence-corrected chi connectivity index (χ1v) is 13.4. The summed E-state index contributed by atoms with van der Waals surface area (Å²) in [7, 11) is 0. The quantitative estimate of drug-likeness (QED) is 0.250. The monoisotopic (exact) mass is 612 g/mol. The number of halogens is 5. The van der Waals surface area contributed by atoms with E-state index >= 15 is 0 Å². The van der Waals surface area contributed by atoms with E-state index in [0.29, 0.717) is 25.8 Å². The predicted molar refractivity (Wildman–Crippen MR) is 156 cm³/mol. The van der Waals surface area contributed by atoms with Gasteiger partial charge < -0.3 is 15.7 Å². The van der Waals surface area contributed by atoms with Crippen molar-refractivity contribution in [1.82, 2.24) is 4.98 Å². The number of amidine groups is 1. The van der Waals surface area contributed by atoms with Crippen LogP contribution in [-0.4, -0.2) is 39.9 Å². The number of fused-ring (bicyclic) bond motifs is 1. The van der Waals surface area contributed by atoms with Crippen LogP contribution in [0.1, 0.15) is 32.8 Å². The largest absolute Gasteiger partial charge is 0.490 e. The summed E-state index contributed by atoms with van der Waals surface area (Å²) in [4.78, 5) is 30.5. The number of benzene rings is 2. The number of hydrogen-bond donors (Lipinski definition) is 3. The Bertz CT molecular complexity index is 1470. The number of pyridine rings is 1. The summed E-state index contributed by atoms with van der Waals surface area (Å²) in [5.41, 5.74) is 3.62. The Morgan fingerprint density at radius 2 is 1.75 bits per heavy atom. The van der Waals surface area contributed by atoms with Gasteiger partial charge in [0.2, 0.25) is 0 Å². The van der Waals surface area contributed by atoms with Gasteiger partial charge in [-0.2, -0.15) is 18.2 Å². The number of alkyl halides is 3. The van der Waals surface area contributed by atoms with Gasteiger partial charge in [-0.1, -0.05) is 56.1 Å². The molecule has 0 radical (unpaired) electrons. The average Bonchev–Trinajstić information content (AvgIpc) is 3.19. The van der Waals surface area contributed by atoms with E-state index in [1.165, 1.54) is 11.8 Å². The molecule has 0 bridgehead atoms. The van der Waals surface area contributed by atoms with E-state index < -0.39 is 12.1 Å². The van der Waals surface area contributed by atoms with Crippen LogP contribution in [0.2, 0.25) is 10.0 Å². The van der Waals surface area contributed by atoms with Gasteiger partial charge in [0.05, 0.1) is 26.2 Å². The van der Waals surface area contributed by atoms with E-state index in [2.05, 4.69) is 41.4 Å². The van der Waals surface area contributed by atoms with Gasteiger partial charge in [-0.15, -0.1) is 0 Å². The van der Waals surface area contributed by atoms with Crippen LogP contribution < -0.4 is 10.6 Å². The number of aromatic nitrogens is 1. The van der Waals surface area contributed by atoms with E-state index in [-0.39, 0.29) is 11.3 Å². The average molecular weight is 613 g/mol. The van der Waals surface area contributed by atoms with Gasteiger partial charge in [-0.25, -0.2) is 4.79 Å². The van der Waals surface area contributed by atoms with Crippen LogP contribution in [0.5, 0.6) is 0 Å². The number of carbonyl (C=O) groups is 2. The molecule has 2 heterocycles. The summed E-state index contributed by atoms with van der Waals surface area (Å²) in [6.07, 6.45) is -0.388. The molecule has 0 unspecified atom stereocenters. The van der Waals surface area contributed by atoms with Crippen molar-refractivity contribution in [2.75, 3.05) is 17.2 Å². The van der Waals surface area contributed by atoms with Gasteiger partial charge in [-0.3, -0.25) is 9.78 Å². The number of carboxylic acids is 1. The second-order valence-electron chi connectivity index (χ2n) is 9.73. The third-order valence-electron chi connectivity index (χ3n) is 5.31. The van der Waals surface area contributed by atoms with Crippen molar-refractivity contribution in [3.05, 3.63) is 69.2 Å². The minimum absolute atomic E-state index is 0.255. The summed E-state index contributed by atoms with van der Waals surface area (Å²) in [6, 6.07) is 13.1. The van der Waals surface area contributed by atoms with E-state index in [0.717, 1.165) is 35.1 Å². The Morgan fingerprint density at radius 3 is 2.35 bits per heavy atom. The second-order valence-corrected chi connectivity index (χ2v) is 11.6. The van der Waals surface area contributed by atoms with Crippen LogP contribution in [0.3, 0.4) is 0 Å². The molecule has 13 heteroatoms. The van der Waals surface area contributed by atoms with Crippen molar-refractivity contribution in [3.8, 4) is 0 Å². The van der Waals surface area contributed by atoms with Gasteiger partial charge in [0.1, 0.15) is 0 Å². The number of carboxylic acid groups (broad SMARTS) is 1. The molecule has 2 aromatic carbocycles. The third-order valence-corrected chi connectivity index (χ3v) is 6.84. The molecule has 4 rings (SSSR count). The van der Waals surface area contributed by atoms with Crippen LogP contribution in [0.4, 0.5) is 24.5 Å². The predicted octanol–water partition coefficient (Wildman–Crippen LogP) is 8.11. The maximum Gasteiger partial charge on any atom is 0.490 e. The number of rotatable bonds is 5. The van der Waals surface area contributed by atoms with Crippen LogP contribution >= 0.6 is 35.0 Å². The highest BCUT2D eigenvalue weighted by Crippen LogP contribution is 2.35. The molecule has 0 fully saturated rings. The number of aliphatic imine (C=N–C) groups is 1. The van der Waals surface area contributed by atoms with Gasteiger partial charge in [-0.05, 0) is 65.6 Å². The zero-order valence-corrected chi connectivity index (χ0v) is 23.9. The number of nitrogens with one attached hydrogen (secondary N) is 2. The number of anilines is 2. The number of hydrogen-bond acceptors (Lipinski definition) is 6. The van der Waals surface area contributed by atoms with Gasteiger partial charge >= 0.3 is 12.1 Å². The zero-order valence-electron chi connectivity index (χ0n) is 21.6. The Kier molecular flexibility index (Phi) is 10.1. The molecule has 1 aliphatic rings. The van der Waals surface area contributed by atoms with Crippen molar-refractivity contribution >= 4 is 80.4 Å². The molecule has 3 N–H and O–H groups in total. The van der Waals surface area contributed by atoms with Crippen LogP contribution in [-0.2, 0) is 9.59 Å². The minimum atomic E-state index is -5.08. The first-order valence-electron chi connectivity index (χ1n) is 11.8. The van der Waals surface area contributed by atoms with Crippen molar-refractivity contribution in [2.45, 2.75) is 33.4 Å². The molecule has 7 nitrogen and oxygen atoms in total. The minimum Gasteiger partial charge on any atom is -0.475 e. The van der Waals surface area contributed by atoms with Crippen molar-refractivity contribution in [2.24, 2.45) is 10.4 Å². The van der Waals surface area contributed by atoms with Gasteiger partial charge in [0.15, 0.2) is 5.17 Å². The number of thioether (sulfide) groups is 1. The Morgan fingerprint density at radius 1 is 1.10 bits per heavy atom. The Balaban J connectivity index is 0.000000559. The standard InChI is InChI=1S/C25H24Cl2N4OS.C2HF3O2/c1-25(2,3)10-12-29-20-9-11-28-19-8-7-15(13-16(19)20)14-21-23(32)31-24(33-21)30-22-17(26)5-4-6-18(22)27;3-2(4,5)1(6)7/h4-9,11,13-14H,10,12H2,1-3H3,(H,28,29)(H,30,31,32);(H,6,7)/b21-14-;. The number of para-hydroxylation sites is 1. The maximum atomic E-state index is 12.5. The highest BCUT2D eigenvalue weighted by Gasteiger charge is 2.38. The molecule has 0 atom stereocenters. The molecule has 0 spiro atoms. The highest BCUT2D eigenvalue weighted by atomic mass is 35.5. The molecule has 1 aliphatic heterocycles. The molecule has 40 heavy (non-hydrogen) atoms. The fourth-order valence-corrected chi connectivity index (χ4v) is 4.63. The normalized spacial score (nSPS) is 14.6. The topological polar surface area (TPSA) is 104 Å².